The molecule has 3 rings (SSSR count). The minimum absolute atomic E-state index is 0.327. The average molecular weight is 289 g/mol. The van der Waals surface area contributed by atoms with E-state index in [9.17, 15) is 0 Å². The quantitative estimate of drug-likeness (QED) is 0.863. The molecule has 1 aromatic rings. The summed E-state index contributed by atoms with van der Waals surface area (Å²) in [6, 6.07) is 9.57. The molecule has 1 saturated heterocycles. The Morgan fingerprint density at radius 3 is 2.52 bits per heavy atom. The van der Waals surface area contributed by atoms with Crippen LogP contribution in [0.15, 0.2) is 24.3 Å². The number of piperazine rings is 1. The van der Waals surface area contributed by atoms with Gasteiger partial charge >= 0.3 is 0 Å². The van der Waals surface area contributed by atoms with Crippen molar-refractivity contribution >= 4 is 0 Å². The maximum absolute atomic E-state index is 5.51. The summed E-state index contributed by atoms with van der Waals surface area (Å²) in [7, 11) is 3.79. The number of benzene rings is 1. The molecule has 1 saturated carbocycles. The molecule has 1 unspecified atom stereocenters. The lowest BCUT2D eigenvalue weighted by Crippen LogP contribution is -2.49. The Morgan fingerprint density at radius 1 is 1.19 bits per heavy atom. The maximum Gasteiger partial charge on any atom is 0.123 e. The number of para-hydroxylation sites is 1. The third-order valence-corrected chi connectivity index (χ3v) is 4.77. The molecule has 1 aliphatic carbocycles. The molecule has 1 aliphatic heterocycles. The first-order valence-corrected chi connectivity index (χ1v) is 8.08. The van der Waals surface area contributed by atoms with Crippen LogP contribution in [0.2, 0.25) is 0 Å². The van der Waals surface area contributed by atoms with Gasteiger partial charge in [0.05, 0.1) is 7.11 Å². The topological polar surface area (TPSA) is 27.7 Å². The third-order valence-electron chi connectivity index (χ3n) is 4.77. The monoisotopic (exact) mass is 289 g/mol. The zero-order valence-electron chi connectivity index (χ0n) is 13.2. The van der Waals surface area contributed by atoms with E-state index in [1.807, 2.05) is 19.2 Å². The average Bonchev–Trinajstić information content (AvgIpc) is 3.38. The SMILES string of the molecule is CNC(CN1CCN(C2CC2)CC1)c1ccccc1OC. The summed E-state index contributed by atoms with van der Waals surface area (Å²) in [4.78, 5) is 5.24. The highest BCUT2D eigenvalue weighted by molar-refractivity contribution is 5.36. The van der Waals surface area contributed by atoms with Crippen LogP contribution in [0.3, 0.4) is 0 Å². The number of nitrogens with one attached hydrogen (secondary N) is 1. The zero-order chi connectivity index (χ0) is 14.7. The van der Waals surface area contributed by atoms with E-state index < -0.39 is 0 Å². The predicted octanol–water partition coefficient (Wildman–Crippen LogP) is 1.74. The van der Waals surface area contributed by atoms with Crippen LogP contribution in [0.4, 0.5) is 0 Å². The van der Waals surface area contributed by atoms with Crippen LogP contribution < -0.4 is 10.1 Å². The Labute approximate surface area is 128 Å². The molecule has 4 heteroatoms. The molecule has 0 spiro atoms. The zero-order valence-corrected chi connectivity index (χ0v) is 13.2. The van der Waals surface area contributed by atoms with Crippen LogP contribution in [-0.2, 0) is 0 Å². The summed E-state index contributed by atoms with van der Waals surface area (Å²) < 4.78 is 5.51. The molecule has 2 aliphatic rings. The molecule has 0 amide bonds. The van der Waals surface area contributed by atoms with E-state index in [0.29, 0.717) is 6.04 Å². The van der Waals surface area contributed by atoms with Gasteiger partial charge in [-0.25, -0.2) is 0 Å². The summed E-state index contributed by atoms with van der Waals surface area (Å²) in [6.07, 6.45) is 2.83. The number of ether oxygens (including phenoxy) is 1. The summed E-state index contributed by atoms with van der Waals surface area (Å²) in [5, 5.41) is 3.45. The van der Waals surface area contributed by atoms with Crippen LogP contribution in [0.5, 0.6) is 5.75 Å². The maximum atomic E-state index is 5.51. The number of hydrogen-bond acceptors (Lipinski definition) is 4. The summed E-state index contributed by atoms with van der Waals surface area (Å²) in [6.45, 7) is 5.88. The van der Waals surface area contributed by atoms with Gasteiger partial charge in [0, 0.05) is 50.4 Å². The highest BCUT2D eigenvalue weighted by Gasteiger charge is 2.31. The van der Waals surface area contributed by atoms with Crippen LogP contribution >= 0.6 is 0 Å². The lowest BCUT2D eigenvalue weighted by atomic mass is 10.0. The van der Waals surface area contributed by atoms with Gasteiger partial charge in [0.2, 0.25) is 0 Å². The van der Waals surface area contributed by atoms with Gasteiger partial charge in [-0.2, -0.15) is 0 Å². The number of methoxy groups -OCH3 is 1. The van der Waals surface area contributed by atoms with E-state index in [0.717, 1.165) is 18.3 Å². The Kier molecular flexibility index (Phi) is 4.78. The fraction of sp³-hybridized carbons (Fsp3) is 0.647. The molecule has 0 aromatic heterocycles. The summed E-state index contributed by atoms with van der Waals surface area (Å²) >= 11 is 0. The van der Waals surface area contributed by atoms with Crippen LogP contribution in [0.25, 0.3) is 0 Å². The van der Waals surface area contributed by atoms with Gasteiger partial charge in [-0.05, 0) is 26.0 Å². The van der Waals surface area contributed by atoms with Crippen LogP contribution in [0.1, 0.15) is 24.4 Å². The first kappa shape index (κ1) is 14.8. The van der Waals surface area contributed by atoms with E-state index in [2.05, 4.69) is 27.2 Å². The predicted molar refractivity (Wildman–Crippen MR) is 85.8 cm³/mol. The van der Waals surface area contributed by atoms with Crippen LogP contribution in [0, 0.1) is 0 Å². The Hall–Kier alpha value is -1.10. The molecule has 116 valence electrons. The minimum Gasteiger partial charge on any atom is -0.496 e. The first-order chi connectivity index (χ1) is 10.3. The van der Waals surface area contributed by atoms with Crippen molar-refractivity contribution in [2.24, 2.45) is 0 Å². The molecule has 1 heterocycles. The molecule has 1 aromatic carbocycles. The van der Waals surface area contributed by atoms with E-state index >= 15 is 0 Å². The molecule has 0 radical (unpaired) electrons. The van der Waals surface area contributed by atoms with Gasteiger partial charge in [-0.3, -0.25) is 9.80 Å². The summed E-state index contributed by atoms with van der Waals surface area (Å²) in [5.74, 6) is 0.980. The van der Waals surface area contributed by atoms with Gasteiger partial charge in [0.15, 0.2) is 0 Å². The molecule has 21 heavy (non-hydrogen) atoms. The highest BCUT2D eigenvalue weighted by atomic mass is 16.5. The van der Waals surface area contributed by atoms with E-state index in [-0.39, 0.29) is 0 Å². The van der Waals surface area contributed by atoms with Crippen molar-refractivity contribution < 1.29 is 4.74 Å². The number of rotatable bonds is 6. The Morgan fingerprint density at radius 2 is 1.90 bits per heavy atom. The summed E-state index contributed by atoms with van der Waals surface area (Å²) in [5.41, 5.74) is 1.26. The normalized spacial score (nSPS) is 22.2. The number of hydrogen-bond donors (Lipinski definition) is 1. The minimum atomic E-state index is 0.327. The molecule has 2 fully saturated rings. The molecular formula is C17H27N3O. The highest BCUT2D eigenvalue weighted by Crippen LogP contribution is 2.29. The molecule has 1 atom stereocenters. The molecule has 1 N–H and O–H groups in total. The van der Waals surface area contributed by atoms with Crippen LogP contribution in [-0.4, -0.2) is 62.7 Å². The van der Waals surface area contributed by atoms with Crippen molar-refractivity contribution in [3.8, 4) is 5.75 Å². The molecule has 0 bridgehead atoms. The van der Waals surface area contributed by atoms with Gasteiger partial charge < -0.3 is 10.1 Å². The second-order valence-electron chi connectivity index (χ2n) is 6.15. The van der Waals surface area contributed by atoms with Crippen molar-refractivity contribution in [1.29, 1.82) is 0 Å². The standard InChI is InChI=1S/C17H27N3O/c1-18-16(15-5-3-4-6-17(15)21-2)13-19-9-11-20(12-10-19)14-7-8-14/h3-6,14,16,18H,7-13H2,1-2H3. The fourth-order valence-corrected chi connectivity index (χ4v) is 3.31. The smallest absolute Gasteiger partial charge is 0.123 e. The lowest BCUT2D eigenvalue weighted by Gasteiger charge is -2.36. The van der Waals surface area contributed by atoms with Crippen molar-refractivity contribution in [3.63, 3.8) is 0 Å². The number of nitrogens with zero attached hydrogens (tertiary/aromatic N) is 2. The van der Waals surface area contributed by atoms with E-state index in [1.54, 1.807) is 7.11 Å². The third kappa shape index (κ3) is 3.57. The van der Waals surface area contributed by atoms with Gasteiger partial charge in [-0.15, -0.1) is 0 Å². The van der Waals surface area contributed by atoms with Gasteiger partial charge in [-0.1, -0.05) is 18.2 Å². The Bertz CT molecular complexity index is 453. The first-order valence-electron chi connectivity index (χ1n) is 8.08. The fourth-order valence-electron chi connectivity index (χ4n) is 3.31. The lowest BCUT2D eigenvalue weighted by molar-refractivity contribution is 0.118. The van der Waals surface area contributed by atoms with Crippen molar-refractivity contribution in [2.45, 2.75) is 24.9 Å². The van der Waals surface area contributed by atoms with Crippen molar-refractivity contribution in [1.82, 2.24) is 15.1 Å². The largest absolute Gasteiger partial charge is 0.496 e. The van der Waals surface area contributed by atoms with E-state index in [1.165, 1.54) is 44.6 Å². The second kappa shape index (κ2) is 6.77. The van der Waals surface area contributed by atoms with Gasteiger partial charge in [0.1, 0.15) is 5.75 Å². The van der Waals surface area contributed by atoms with E-state index in [4.69, 9.17) is 4.74 Å². The van der Waals surface area contributed by atoms with Gasteiger partial charge in [0.25, 0.3) is 0 Å². The Balaban J connectivity index is 1.59. The second-order valence-corrected chi connectivity index (χ2v) is 6.15. The van der Waals surface area contributed by atoms with Crippen molar-refractivity contribution in [3.05, 3.63) is 29.8 Å². The molecule has 4 nitrogen and oxygen atoms in total. The molecular weight excluding hydrogens is 262 g/mol. The van der Waals surface area contributed by atoms with Crippen molar-refractivity contribution in [2.75, 3.05) is 46.9 Å². The number of likely N-dealkylation sites (N-methyl/N-ethyl adjacent to an activating group) is 1.